The molecule has 1 radical (unpaired) electrons. The summed E-state index contributed by atoms with van der Waals surface area (Å²) < 4.78 is 6.76. The van der Waals surface area contributed by atoms with E-state index in [0.29, 0.717) is 0 Å². The Bertz CT molecular complexity index is 71.8. The Hall–Kier alpha value is 0.736. The largest absolute Gasteiger partial charge is 0 e. The molecule has 5 nitrogen and oxygen atoms in total. The van der Waals surface area contributed by atoms with Crippen molar-refractivity contribution in [2.75, 3.05) is 0 Å². The van der Waals surface area contributed by atoms with Gasteiger partial charge in [-0.05, 0) is 0 Å². The zero-order valence-electron chi connectivity index (χ0n) is 2.94. The van der Waals surface area contributed by atoms with Crippen LogP contribution in [0.15, 0.2) is 0 Å². The molecule has 0 atom stereocenters. The van der Waals surface area contributed by atoms with E-state index in [0.717, 1.165) is 0 Å². The molecule has 0 amide bonds. The Morgan fingerprint density at radius 3 is 1.14 bits per heavy atom. The van der Waals surface area contributed by atoms with Crippen molar-refractivity contribution in [2.24, 2.45) is 0 Å². The maximum atomic E-state index is 7.89. The van der Waals surface area contributed by atoms with E-state index in [1.165, 1.54) is 0 Å². The quantitative estimate of drug-likeness (QED) is 0.250. The van der Waals surface area contributed by atoms with Crippen LogP contribution >= 0.6 is 7.74 Å². The van der Waals surface area contributed by atoms with Crippen LogP contribution in [0.25, 0.3) is 0 Å². The Morgan fingerprint density at radius 1 is 1.00 bits per heavy atom. The van der Waals surface area contributed by atoms with Crippen molar-refractivity contribution in [1.82, 2.24) is 0 Å². The van der Waals surface area contributed by atoms with E-state index >= 15 is 0 Å². The van der Waals surface area contributed by atoms with Crippen LogP contribution < -0.4 is 0 Å². The molecule has 1 heterocycles. The van der Waals surface area contributed by atoms with Gasteiger partial charge in [0, 0.05) is 16.8 Å². The summed E-state index contributed by atoms with van der Waals surface area (Å²) in [5.74, 6) is 0. The molecule has 7 heteroatoms. The number of rotatable bonds is 0. The predicted octanol–water partition coefficient (Wildman–Crippen LogP) is -0.949. The van der Waals surface area contributed by atoms with Crippen molar-refractivity contribution >= 4 is 7.74 Å². The van der Waals surface area contributed by atoms with Crippen LogP contribution in [0.5, 0.6) is 0 Å². The SMILES string of the molecule is OP1(O)(O)OO1.[Co]. The van der Waals surface area contributed by atoms with Gasteiger partial charge in [-0.25, -0.2) is 0 Å². The first-order chi connectivity index (χ1) is 2.47. The summed E-state index contributed by atoms with van der Waals surface area (Å²) in [6.07, 6.45) is 0. The van der Waals surface area contributed by atoms with Crippen molar-refractivity contribution in [1.29, 1.82) is 0 Å². The third-order valence-corrected chi connectivity index (χ3v) is 0.824. The van der Waals surface area contributed by atoms with Gasteiger partial charge in [0.15, 0.2) is 0 Å². The van der Waals surface area contributed by atoms with Crippen LogP contribution in [0.3, 0.4) is 0 Å². The molecule has 0 aromatic rings. The van der Waals surface area contributed by atoms with Gasteiger partial charge in [-0.3, -0.25) is 0 Å². The molecule has 7 heavy (non-hydrogen) atoms. The van der Waals surface area contributed by atoms with Crippen molar-refractivity contribution in [3.05, 3.63) is 0 Å². The summed E-state index contributed by atoms with van der Waals surface area (Å²) in [6.45, 7) is 0. The van der Waals surface area contributed by atoms with E-state index in [1.807, 2.05) is 0 Å². The number of hydrogen-bond acceptors (Lipinski definition) is 5. The van der Waals surface area contributed by atoms with Crippen LogP contribution in [0, 0.1) is 0 Å². The molecule has 1 rings (SSSR count). The molecule has 0 aliphatic carbocycles. The summed E-state index contributed by atoms with van der Waals surface area (Å²) >= 11 is 0. The zero-order valence-corrected chi connectivity index (χ0v) is 4.87. The van der Waals surface area contributed by atoms with Crippen LogP contribution in [-0.4, -0.2) is 14.7 Å². The Labute approximate surface area is 49.3 Å². The third kappa shape index (κ3) is 2.52. The zero-order chi connectivity index (χ0) is 4.86. The van der Waals surface area contributed by atoms with Crippen molar-refractivity contribution in [3.63, 3.8) is 0 Å². The van der Waals surface area contributed by atoms with Crippen molar-refractivity contribution < 1.29 is 40.8 Å². The molecule has 1 saturated heterocycles. The normalized spacial score (nSPS) is 36.7. The first-order valence-electron chi connectivity index (χ1n) is 1.13. The average Bonchev–Trinajstić information content (AvgIpc) is 1.73. The monoisotopic (exact) mass is 173 g/mol. The fourth-order valence-electron chi connectivity index (χ4n) is 0.0447. The summed E-state index contributed by atoms with van der Waals surface area (Å²) in [7, 11) is -4.80. The van der Waals surface area contributed by atoms with E-state index in [9.17, 15) is 0 Å². The fraction of sp³-hybridized carbons (Fsp3) is 0. The van der Waals surface area contributed by atoms with Gasteiger partial charge in [-0.1, -0.05) is 0 Å². The fourth-order valence-corrected chi connectivity index (χ4v) is 0.402. The molecule has 47 valence electrons. The van der Waals surface area contributed by atoms with E-state index in [1.54, 1.807) is 0 Å². The Balaban J connectivity index is 0.000000360. The summed E-state index contributed by atoms with van der Waals surface area (Å²) in [6, 6.07) is 0. The van der Waals surface area contributed by atoms with Gasteiger partial charge in [0.05, 0.1) is 0 Å². The van der Waals surface area contributed by atoms with Gasteiger partial charge < -0.3 is 0 Å². The molecular weight excluding hydrogens is 170 g/mol. The molecule has 1 fully saturated rings. The van der Waals surface area contributed by atoms with Crippen LogP contribution in [-0.2, 0) is 26.1 Å². The van der Waals surface area contributed by atoms with Crippen LogP contribution in [0.1, 0.15) is 0 Å². The third-order valence-electron chi connectivity index (χ3n) is 0.275. The minimum Gasteiger partial charge on any atom is 0 e. The maximum absolute atomic E-state index is 7.89. The van der Waals surface area contributed by atoms with Gasteiger partial charge in [0.25, 0.3) is 0 Å². The summed E-state index contributed by atoms with van der Waals surface area (Å²) in [5.41, 5.74) is 0. The molecule has 0 unspecified atom stereocenters. The summed E-state index contributed by atoms with van der Waals surface area (Å²) in [5, 5.41) is 0. The van der Waals surface area contributed by atoms with Crippen molar-refractivity contribution in [3.8, 4) is 0 Å². The van der Waals surface area contributed by atoms with Crippen LogP contribution in [0.2, 0.25) is 0 Å². The molecule has 0 aromatic carbocycles. The van der Waals surface area contributed by atoms with E-state index in [4.69, 9.17) is 14.7 Å². The second kappa shape index (κ2) is 1.37. The summed E-state index contributed by atoms with van der Waals surface area (Å²) in [4.78, 5) is 23.7. The van der Waals surface area contributed by atoms with Crippen LogP contribution in [0.4, 0.5) is 0 Å². The number of hydrogen-bond donors (Lipinski definition) is 3. The molecule has 0 spiro atoms. The average molecular weight is 173 g/mol. The molecular formula is H3CoO5P. The molecule has 0 bridgehead atoms. The molecule has 3 N–H and O–H groups in total. The first kappa shape index (κ1) is 7.74. The standard InChI is InChI=1S/Co.H3O5P/c;1-6(2,3)4-5-6/h;1-3H. The topological polar surface area (TPSA) is 85.8 Å². The van der Waals surface area contributed by atoms with E-state index in [-0.39, 0.29) is 16.8 Å². The first-order valence-corrected chi connectivity index (χ1v) is 3.06. The Morgan fingerprint density at radius 2 is 1.14 bits per heavy atom. The van der Waals surface area contributed by atoms with Gasteiger partial charge in [0.1, 0.15) is 0 Å². The molecule has 1 aliphatic rings. The predicted molar refractivity (Wildman–Crippen MR) is 15.7 cm³/mol. The molecule has 0 saturated carbocycles. The van der Waals surface area contributed by atoms with Gasteiger partial charge in [-0.2, -0.15) is 0 Å². The van der Waals surface area contributed by atoms with Gasteiger partial charge >= 0.3 is 31.8 Å². The second-order valence-corrected chi connectivity index (χ2v) is 2.95. The smallest absolute Gasteiger partial charge is 0 e. The van der Waals surface area contributed by atoms with Gasteiger partial charge in [-0.15, -0.1) is 0 Å². The molecule has 1 aliphatic heterocycles. The minimum atomic E-state index is -4.80. The van der Waals surface area contributed by atoms with Gasteiger partial charge in [0.2, 0.25) is 0 Å². The Kier molecular flexibility index (Phi) is 1.51. The molecule has 0 aromatic heterocycles. The van der Waals surface area contributed by atoms with E-state index in [2.05, 4.69) is 9.35 Å². The second-order valence-electron chi connectivity index (χ2n) is 0.982. The van der Waals surface area contributed by atoms with E-state index < -0.39 is 7.74 Å². The minimum absolute atomic E-state index is 0. The maximum Gasteiger partial charge on any atom is 0 e. The van der Waals surface area contributed by atoms with Crippen molar-refractivity contribution in [2.45, 2.75) is 0 Å².